The number of nitrogens with zero attached hydrogens (tertiary/aromatic N) is 3. The highest BCUT2D eigenvalue weighted by Crippen LogP contribution is 2.31. The Morgan fingerprint density at radius 2 is 2.25 bits per heavy atom. The number of carboxylic acids is 1. The standard InChI is InChI=1S/C9H10BrN3O3/c1-5(14)12-3-6(9(15)16)4-13-8(12)7(10)2-11-13/h2,6H,3-4H2,1H3,(H,15,16). The summed E-state index contributed by atoms with van der Waals surface area (Å²) in [6.45, 7) is 1.89. The molecule has 0 spiro atoms. The van der Waals surface area contributed by atoms with Gasteiger partial charge in [0.1, 0.15) is 5.82 Å². The van der Waals surface area contributed by atoms with Crippen LogP contribution in [0.15, 0.2) is 10.7 Å². The quantitative estimate of drug-likeness (QED) is 0.826. The van der Waals surface area contributed by atoms with Gasteiger partial charge in [0.2, 0.25) is 5.91 Å². The minimum atomic E-state index is -0.913. The van der Waals surface area contributed by atoms with E-state index in [2.05, 4.69) is 21.0 Å². The maximum atomic E-state index is 11.5. The molecular formula is C9H10BrN3O3. The maximum absolute atomic E-state index is 11.5. The molecule has 1 aliphatic rings. The highest BCUT2D eigenvalue weighted by molar-refractivity contribution is 9.10. The van der Waals surface area contributed by atoms with Crippen LogP contribution in [0.2, 0.25) is 0 Å². The molecule has 1 N–H and O–H groups in total. The molecule has 0 saturated heterocycles. The average Bonchev–Trinajstić information content (AvgIpc) is 2.59. The van der Waals surface area contributed by atoms with Crippen LogP contribution in [0.1, 0.15) is 6.92 Å². The van der Waals surface area contributed by atoms with E-state index in [4.69, 9.17) is 5.11 Å². The van der Waals surface area contributed by atoms with Gasteiger partial charge in [0, 0.05) is 13.5 Å². The number of hydrogen-bond acceptors (Lipinski definition) is 3. The lowest BCUT2D eigenvalue weighted by atomic mass is 10.1. The van der Waals surface area contributed by atoms with Crippen LogP contribution in [0.25, 0.3) is 0 Å². The fourth-order valence-electron chi connectivity index (χ4n) is 1.77. The minimum absolute atomic E-state index is 0.187. The van der Waals surface area contributed by atoms with Crippen LogP contribution in [0, 0.1) is 5.92 Å². The molecule has 2 heterocycles. The monoisotopic (exact) mass is 287 g/mol. The molecule has 1 aliphatic heterocycles. The SMILES string of the molecule is CC(=O)N1CC(C(=O)O)Cn2ncc(Br)c21. The van der Waals surface area contributed by atoms with Crippen molar-refractivity contribution in [2.75, 3.05) is 11.4 Å². The van der Waals surface area contributed by atoms with Crippen LogP contribution in [0.5, 0.6) is 0 Å². The lowest BCUT2D eigenvalue weighted by Crippen LogP contribution is -2.44. The molecule has 0 fully saturated rings. The number of fused-ring (bicyclic) bond motifs is 1. The smallest absolute Gasteiger partial charge is 0.310 e. The lowest BCUT2D eigenvalue weighted by molar-refractivity contribution is -0.142. The number of aliphatic carboxylic acids is 1. The van der Waals surface area contributed by atoms with Crippen molar-refractivity contribution >= 4 is 33.6 Å². The molecule has 0 bridgehead atoms. The van der Waals surface area contributed by atoms with Gasteiger partial charge in [-0.2, -0.15) is 5.10 Å². The van der Waals surface area contributed by atoms with Crippen LogP contribution >= 0.6 is 15.9 Å². The largest absolute Gasteiger partial charge is 0.481 e. The normalized spacial score (nSPS) is 19.4. The third-order valence-corrected chi connectivity index (χ3v) is 3.11. The third-order valence-electron chi connectivity index (χ3n) is 2.55. The zero-order chi connectivity index (χ0) is 11.9. The topological polar surface area (TPSA) is 75.4 Å². The molecule has 0 aliphatic carbocycles. The Balaban J connectivity index is 2.43. The summed E-state index contributed by atoms with van der Waals surface area (Å²) in [5, 5.41) is 13.0. The average molecular weight is 288 g/mol. The van der Waals surface area contributed by atoms with Crippen molar-refractivity contribution < 1.29 is 14.7 Å². The van der Waals surface area contributed by atoms with Gasteiger partial charge in [0.15, 0.2) is 0 Å². The van der Waals surface area contributed by atoms with Crippen LogP contribution in [-0.2, 0) is 16.1 Å². The predicted molar refractivity (Wildman–Crippen MR) is 59.1 cm³/mol. The number of aromatic nitrogens is 2. The minimum Gasteiger partial charge on any atom is -0.481 e. The first-order valence-electron chi connectivity index (χ1n) is 4.73. The van der Waals surface area contributed by atoms with Crippen molar-refractivity contribution in [2.24, 2.45) is 5.92 Å². The van der Waals surface area contributed by atoms with Gasteiger partial charge in [-0.05, 0) is 15.9 Å². The Morgan fingerprint density at radius 3 is 2.81 bits per heavy atom. The first-order valence-corrected chi connectivity index (χ1v) is 5.52. The van der Waals surface area contributed by atoms with E-state index in [1.54, 1.807) is 6.20 Å². The fraction of sp³-hybridized carbons (Fsp3) is 0.444. The van der Waals surface area contributed by atoms with Crippen molar-refractivity contribution in [2.45, 2.75) is 13.5 Å². The van der Waals surface area contributed by atoms with Crippen molar-refractivity contribution in [3.05, 3.63) is 10.7 Å². The molecule has 0 saturated carbocycles. The van der Waals surface area contributed by atoms with Crippen molar-refractivity contribution in [3.63, 3.8) is 0 Å². The molecule has 1 aromatic rings. The Kier molecular flexibility index (Phi) is 2.71. The van der Waals surface area contributed by atoms with Gasteiger partial charge in [-0.1, -0.05) is 0 Å². The number of hydrogen-bond donors (Lipinski definition) is 1. The second-order valence-electron chi connectivity index (χ2n) is 3.66. The van der Waals surface area contributed by atoms with E-state index in [1.807, 2.05) is 0 Å². The maximum Gasteiger partial charge on any atom is 0.310 e. The van der Waals surface area contributed by atoms with Gasteiger partial charge in [-0.15, -0.1) is 0 Å². The number of carbonyl (C=O) groups is 2. The van der Waals surface area contributed by atoms with E-state index in [-0.39, 0.29) is 12.5 Å². The second kappa shape index (κ2) is 3.89. The van der Waals surface area contributed by atoms with Gasteiger partial charge in [-0.25, -0.2) is 4.68 Å². The van der Waals surface area contributed by atoms with Crippen LogP contribution in [0.3, 0.4) is 0 Å². The summed E-state index contributed by atoms with van der Waals surface area (Å²) in [4.78, 5) is 23.8. The molecular weight excluding hydrogens is 278 g/mol. The van der Waals surface area contributed by atoms with Gasteiger partial charge in [0.25, 0.3) is 0 Å². The van der Waals surface area contributed by atoms with Gasteiger partial charge < -0.3 is 5.11 Å². The van der Waals surface area contributed by atoms with Gasteiger partial charge >= 0.3 is 5.97 Å². The lowest BCUT2D eigenvalue weighted by Gasteiger charge is -2.30. The van der Waals surface area contributed by atoms with Gasteiger partial charge in [-0.3, -0.25) is 14.5 Å². The summed E-state index contributed by atoms with van der Waals surface area (Å²) < 4.78 is 2.24. The molecule has 0 radical (unpaired) electrons. The fourth-order valence-corrected chi connectivity index (χ4v) is 2.28. The molecule has 1 amide bonds. The summed E-state index contributed by atoms with van der Waals surface area (Å²) in [6.07, 6.45) is 1.56. The number of carbonyl (C=O) groups excluding carboxylic acids is 1. The third kappa shape index (κ3) is 1.71. The van der Waals surface area contributed by atoms with Crippen LogP contribution in [0.4, 0.5) is 5.82 Å². The predicted octanol–water partition coefficient (Wildman–Crippen LogP) is 0.713. The highest BCUT2D eigenvalue weighted by Gasteiger charge is 2.33. The summed E-state index contributed by atoms with van der Waals surface area (Å²) in [5.74, 6) is -1.08. The van der Waals surface area contributed by atoms with Crippen molar-refractivity contribution in [1.29, 1.82) is 0 Å². The summed E-state index contributed by atoms with van der Waals surface area (Å²) in [6, 6.07) is 0. The molecule has 86 valence electrons. The van der Waals surface area contributed by atoms with E-state index in [0.717, 1.165) is 0 Å². The summed E-state index contributed by atoms with van der Waals surface area (Å²) in [7, 11) is 0. The van der Waals surface area contributed by atoms with Crippen LogP contribution in [-0.4, -0.2) is 33.3 Å². The summed E-state index contributed by atoms with van der Waals surface area (Å²) >= 11 is 3.29. The molecule has 16 heavy (non-hydrogen) atoms. The summed E-state index contributed by atoms with van der Waals surface area (Å²) in [5.41, 5.74) is 0. The molecule has 0 aromatic carbocycles. The molecule has 7 heteroatoms. The zero-order valence-corrected chi connectivity index (χ0v) is 10.1. The highest BCUT2D eigenvalue weighted by atomic mass is 79.9. The Labute approximate surface area is 100.0 Å². The van der Waals surface area contributed by atoms with E-state index in [0.29, 0.717) is 16.8 Å². The number of carboxylic acid groups (broad SMARTS) is 1. The van der Waals surface area contributed by atoms with E-state index in [9.17, 15) is 9.59 Å². The van der Waals surface area contributed by atoms with E-state index in [1.165, 1.54) is 16.5 Å². The number of halogens is 1. The molecule has 2 rings (SSSR count). The zero-order valence-electron chi connectivity index (χ0n) is 8.55. The van der Waals surface area contributed by atoms with E-state index >= 15 is 0 Å². The molecule has 6 nitrogen and oxygen atoms in total. The molecule has 1 aromatic heterocycles. The first kappa shape index (κ1) is 11.1. The number of amides is 1. The second-order valence-corrected chi connectivity index (χ2v) is 4.52. The van der Waals surface area contributed by atoms with E-state index < -0.39 is 11.9 Å². The first-order chi connectivity index (χ1) is 7.50. The number of anilines is 1. The Bertz CT molecular complexity index is 457. The van der Waals surface area contributed by atoms with Gasteiger partial charge in [0.05, 0.1) is 23.1 Å². The molecule has 1 unspecified atom stereocenters. The van der Waals surface area contributed by atoms with Crippen LogP contribution < -0.4 is 4.90 Å². The van der Waals surface area contributed by atoms with Crippen molar-refractivity contribution in [3.8, 4) is 0 Å². The Morgan fingerprint density at radius 1 is 1.56 bits per heavy atom. The van der Waals surface area contributed by atoms with Crippen molar-refractivity contribution in [1.82, 2.24) is 9.78 Å². The number of rotatable bonds is 1. The molecule has 1 atom stereocenters. The Hall–Kier alpha value is -1.37.